The monoisotopic (exact) mass is 1260 g/mol. The Hall–Kier alpha value is -3.18. The maximum Gasteiger partial charge on any atom is 0.317 e. The summed E-state index contributed by atoms with van der Waals surface area (Å²) in [6, 6.07) is 4.43. The Morgan fingerprint density at radius 1 is 0.364 bits per heavy atom. The van der Waals surface area contributed by atoms with Crippen LogP contribution < -0.4 is 21.3 Å². The number of Topliss-reactive ketones (excluding diaryl/α,β-unsaturated/α-hetero) is 1. The molecule has 6 saturated carbocycles. The quantitative estimate of drug-likeness (QED) is 0.103. The van der Waals surface area contributed by atoms with Gasteiger partial charge in [0.2, 0.25) is 0 Å². The van der Waals surface area contributed by atoms with Crippen LogP contribution in [0, 0.1) is 35.5 Å². The summed E-state index contributed by atoms with van der Waals surface area (Å²) in [5.41, 5.74) is 0. The fraction of sp³-hybridized carbons (Fsp3) is 0.939. The molecule has 12 rings (SSSR count). The molecular formula is C66H111F6N9O7. The first kappa shape index (κ1) is 69.2. The number of carbonyl (C=O) groups is 4. The van der Waals surface area contributed by atoms with Crippen molar-refractivity contribution in [1.82, 2.24) is 45.8 Å². The number of halogens is 6. The number of alkyl halides is 6. The molecule has 0 radical (unpaired) electrons. The highest BCUT2D eigenvalue weighted by Gasteiger charge is 2.45. The van der Waals surface area contributed by atoms with E-state index in [9.17, 15) is 45.5 Å². The van der Waals surface area contributed by atoms with Gasteiger partial charge in [0.15, 0.2) is 0 Å². The number of nitrogens with one attached hydrogen (secondary N) is 4. The van der Waals surface area contributed by atoms with Crippen molar-refractivity contribution in [1.29, 1.82) is 0 Å². The third kappa shape index (κ3) is 20.4. The van der Waals surface area contributed by atoms with Gasteiger partial charge in [-0.2, -0.15) is 0 Å². The molecule has 504 valence electrons. The Kier molecular flexibility index (Phi) is 28.1. The lowest BCUT2D eigenvalue weighted by molar-refractivity contribution is -0.121. The Morgan fingerprint density at radius 2 is 0.670 bits per heavy atom. The summed E-state index contributed by atoms with van der Waals surface area (Å²) in [7, 11) is 0. The predicted octanol–water partition coefficient (Wildman–Crippen LogP) is 11.1. The summed E-state index contributed by atoms with van der Waals surface area (Å²) in [6.45, 7) is 9.03. The molecule has 0 aromatic carbocycles. The van der Waals surface area contributed by atoms with E-state index >= 15 is 0 Å². The highest BCUT2D eigenvalue weighted by molar-refractivity contribution is 5.79. The second-order valence-corrected chi connectivity index (χ2v) is 28.2. The zero-order valence-corrected chi connectivity index (χ0v) is 53.0. The van der Waals surface area contributed by atoms with Gasteiger partial charge in [-0.15, -0.1) is 0 Å². The van der Waals surface area contributed by atoms with E-state index < -0.39 is 39.1 Å². The molecule has 0 aromatic rings. The van der Waals surface area contributed by atoms with Crippen LogP contribution in [0.25, 0.3) is 0 Å². The van der Waals surface area contributed by atoms with Gasteiger partial charge in [0.05, 0.1) is 0 Å². The minimum Gasteiger partial charge on any atom is -0.375 e. The van der Waals surface area contributed by atoms with Crippen molar-refractivity contribution in [2.75, 3.05) is 98.5 Å². The molecule has 0 unspecified atom stereocenters. The third-order valence-corrected chi connectivity index (χ3v) is 22.5. The van der Waals surface area contributed by atoms with Crippen molar-refractivity contribution in [2.45, 2.75) is 260 Å². The Balaban J connectivity index is 0.000000146. The third-order valence-electron chi connectivity index (χ3n) is 22.5. The summed E-state index contributed by atoms with van der Waals surface area (Å²) >= 11 is 0. The Labute approximate surface area is 521 Å². The normalized spacial score (nSPS) is 32.7. The Bertz CT molecular complexity index is 1970. The van der Waals surface area contributed by atoms with Gasteiger partial charge in [-0.1, -0.05) is 38.5 Å². The van der Waals surface area contributed by atoms with E-state index in [1.165, 1.54) is 77.0 Å². The van der Waals surface area contributed by atoms with Crippen molar-refractivity contribution < 1.29 is 59.7 Å². The van der Waals surface area contributed by atoms with Crippen LogP contribution in [0.3, 0.4) is 0 Å². The molecule has 12 fully saturated rings. The summed E-state index contributed by atoms with van der Waals surface area (Å²) in [4.78, 5) is 60.1. The molecule has 22 heteroatoms. The number of nitrogens with zero attached hydrogens (tertiary/aromatic N) is 5. The highest BCUT2D eigenvalue weighted by Crippen LogP contribution is 2.39. The van der Waals surface area contributed by atoms with Gasteiger partial charge >= 0.3 is 18.1 Å². The van der Waals surface area contributed by atoms with Crippen molar-refractivity contribution >= 4 is 23.9 Å². The summed E-state index contributed by atoms with van der Waals surface area (Å²) < 4.78 is 87.3. The van der Waals surface area contributed by atoms with Crippen molar-refractivity contribution in [3.05, 3.63) is 0 Å². The van der Waals surface area contributed by atoms with Crippen LogP contribution in [-0.2, 0) is 19.0 Å². The summed E-state index contributed by atoms with van der Waals surface area (Å²) in [5, 5.41) is 12.8. The topological polar surface area (TPSA) is 160 Å². The molecule has 88 heavy (non-hydrogen) atoms. The number of likely N-dealkylation sites (tertiary alicyclic amines) is 2. The van der Waals surface area contributed by atoms with E-state index in [-0.39, 0.29) is 23.9 Å². The van der Waals surface area contributed by atoms with Gasteiger partial charge in [-0.05, 0) is 190 Å². The number of rotatable bonds is 17. The molecule has 16 nitrogen and oxygen atoms in total. The molecule has 6 atom stereocenters. The van der Waals surface area contributed by atoms with Gasteiger partial charge < -0.3 is 60.0 Å². The van der Waals surface area contributed by atoms with E-state index in [2.05, 4.69) is 45.8 Å². The molecule has 6 aliphatic heterocycles. The summed E-state index contributed by atoms with van der Waals surface area (Å²) in [6.07, 6.45) is 26.2. The fourth-order valence-corrected chi connectivity index (χ4v) is 17.7. The smallest absolute Gasteiger partial charge is 0.317 e. The number of ketones is 1. The van der Waals surface area contributed by atoms with Crippen LogP contribution in [0.5, 0.6) is 0 Å². The largest absolute Gasteiger partial charge is 0.375 e. The van der Waals surface area contributed by atoms with Crippen molar-refractivity contribution in [3.63, 3.8) is 0 Å². The number of piperidine rings is 3. The van der Waals surface area contributed by atoms with Crippen LogP contribution in [0.1, 0.15) is 193 Å². The van der Waals surface area contributed by atoms with Crippen LogP contribution >= 0.6 is 0 Å². The summed E-state index contributed by atoms with van der Waals surface area (Å²) in [5.74, 6) is 3.44. The maximum absolute atomic E-state index is 12.6. The van der Waals surface area contributed by atoms with E-state index in [1.54, 1.807) is 0 Å². The van der Waals surface area contributed by atoms with Gasteiger partial charge in [0, 0.05) is 127 Å². The number of hydrogen-bond donors (Lipinski definition) is 4. The minimum atomic E-state index is -2.38. The first-order valence-corrected chi connectivity index (χ1v) is 35.2. The SMILES string of the molecule is O=C1CCC(COCC(F)F)CC1.O=C1NC[C@H]2CCCC[C@@H]2N1C1CCN(C2CCC(COCC(F)F)CC2)CC1.O=C1NC[C@H]2CCCC[C@@H]2N1C1CCN(C2CCC(COCC(F)F)CC2)CC1.O=C1NC[C@H]2CCCC[C@@H]2N1C1CCNCC1. The second kappa shape index (κ2) is 35.7. The molecule has 6 amide bonds. The fourth-order valence-electron chi connectivity index (χ4n) is 17.7. The lowest BCUT2D eigenvalue weighted by atomic mass is 9.80. The highest BCUT2D eigenvalue weighted by atomic mass is 19.3. The number of fused-ring (bicyclic) bond motifs is 3. The van der Waals surface area contributed by atoms with E-state index in [0.29, 0.717) is 117 Å². The van der Waals surface area contributed by atoms with Crippen LogP contribution in [0.4, 0.5) is 40.7 Å². The molecule has 0 aromatic heterocycles. The maximum atomic E-state index is 12.6. The van der Waals surface area contributed by atoms with E-state index in [4.69, 9.17) is 14.2 Å². The first-order chi connectivity index (χ1) is 42.8. The molecule has 12 aliphatic rings. The standard InChI is InChI=1S/2C22H37F2N3O2.C13H23N3O.C9H14F2O2/c2*23-21(24)15-29-14-16-5-7-18(8-6-16)26-11-9-19(10-12-26)27-20-4-2-1-3-17(20)13-25-22(27)28;17-13-15-9-10-3-1-2-4-12(10)16(13)11-5-7-14-8-6-11;10-9(11)6-13-5-7-1-3-8(12)4-2-7/h2*16-21H,1-15H2,(H,25,28);10-12,14H,1-9H2,(H,15,17);7,9H,1-6H2/t2*16?,17-,18?,20+;10-,12+;/m111./s1. The number of carbonyl (C=O) groups excluding carboxylic acids is 4. The second-order valence-electron chi connectivity index (χ2n) is 28.2. The zero-order chi connectivity index (χ0) is 61.8. The van der Waals surface area contributed by atoms with Gasteiger partial charge in [-0.3, -0.25) is 4.79 Å². The number of urea groups is 3. The molecule has 0 bridgehead atoms. The molecule has 0 spiro atoms. The lowest BCUT2D eigenvalue weighted by Gasteiger charge is -2.50. The Morgan fingerprint density at radius 3 is 1.00 bits per heavy atom. The van der Waals surface area contributed by atoms with E-state index in [0.717, 1.165) is 162 Å². The molecule has 6 saturated heterocycles. The van der Waals surface area contributed by atoms with Crippen LogP contribution in [0.15, 0.2) is 0 Å². The average Bonchev–Trinajstić information content (AvgIpc) is 1.87. The number of amides is 6. The van der Waals surface area contributed by atoms with Gasteiger partial charge in [0.25, 0.3) is 19.3 Å². The molecular weight excluding hydrogens is 1140 g/mol. The molecule has 4 N–H and O–H groups in total. The van der Waals surface area contributed by atoms with Crippen LogP contribution in [-0.4, -0.2) is 215 Å². The minimum absolute atomic E-state index is 0.163. The molecule has 6 heterocycles. The van der Waals surface area contributed by atoms with Gasteiger partial charge in [0.1, 0.15) is 25.6 Å². The number of ether oxygens (including phenoxy) is 3. The average molecular weight is 1260 g/mol. The van der Waals surface area contributed by atoms with Crippen molar-refractivity contribution in [2.24, 2.45) is 35.5 Å². The van der Waals surface area contributed by atoms with Crippen molar-refractivity contribution in [3.8, 4) is 0 Å². The lowest BCUT2D eigenvalue weighted by Crippen LogP contribution is -2.63. The molecule has 6 aliphatic carbocycles. The van der Waals surface area contributed by atoms with Gasteiger partial charge in [-0.25, -0.2) is 40.7 Å². The first-order valence-electron chi connectivity index (χ1n) is 35.2. The zero-order valence-electron chi connectivity index (χ0n) is 53.0. The van der Waals surface area contributed by atoms with Crippen LogP contribution in [0.2, 0.25) is 0 Å². The number of hydrogen-bond acceptors (Lipinski definition) is 10. The predicted molar refractivity (Wildman–Crippen MR) is 327 cm³/mol. The van der Waals surface area contributed by atoms with E-state index in [1.807, 2.05) is 0 Å².